The Morgan fingerprint density at radius 3 is 2.24 bits per heavy atom. The zero-order valence-electron chi connectivity index (χ0n) is 17.8. The molecular formula is C21H30N4O3S. The van der Waals surface area contributed by atoms with Crippen LogP contribution in [0.2, 0.25) is 0 Å². The maximum absolute atomic E-state index is 13.1. The molecule has 0 saturated carbocycles. The van der Waals surface area contributed by atoms with E-state index in [4.69, 9.17) is 0 Å². The summed E-state index contributed by atoms with van der Waals surface area (Å²) >= 11 is 0. The number of carbonyl (C=O) groups is 1. The monoisotopic (exact) mass is 418 g/mol. The van der Waals surface area contributed by atoms with Crippen LogP contribution in [0.4, 0.5) is 0 Å². The summed E-state index contributed by atoms with van der Waals surface area (Å²) in [6, 6.07) is 7.71. The van der Waals surface area contributed by atoms with Crippen molar-refractivity contribution in [3.8, 4) is 0 Å². The molecule has 0 aliphatic carbocycles. The van der Waals surface area contributed by atoms with Crippen molar-refractivity contribution in [3.63, 3.8) is 0 Å². The topological polar surface area (TPSA) is 86.4 Å². The zero-order valence-corrected chi connectivity index (χ0v) is 18.6. The van der Waals surface area contributed by atoms with Gasteiger partial charge in [-0.1, -0.05) is 32.9 Å². The Hall–Kier alpha value is -2.19. The maximum Gasteiger partial charge on any atom is 0.253 e. The van der Waals surface area contributed by atoms with Crippen molar-refractivity contribution in [3.05, 3.63) is 46.8 Å². The number of hydrogen-bond acceptors (Lipinski definition) is 4. The summed E-state index contributed by atoms with van der Waals surface area (Å²) < 4.78 is 27.6. The fourth-order valence-electron chi connectivity index (χ4n) is 3.68. The molecule has 0 unspecified atom stereocenters. The number of aromatic amines is 1. The van der Waals surface area contributed by atoms with Crippen LogP contribution in [-0.2, 0) is 15.4 Å². The van der Waals surface area contributed by atoms with Crippen LogP contribution in [0.5, 0.6) is 0 Å². The number of rotatable bonds is 3. The normalized spacial score (nSPS) is 16.7. The number of sulfonamides is 1. The van der Waals surface area contributed by atoms with E-state index in [1.807, 2.05) is 24.3 Å². The molecule has 2 heterocycles. The summed E-state index contributed by atoms with van der Waals surface area (Å²) in [5.74, 6) is -0.0552. The molecule has 1 N–H and O–H groups in total. The minimum atomic E-state index is -3.64. The molecule has 1 aromatic heterocycles. The van der Waals surface area contributed by atoms with Crippen molar-refractivity contribution < 1.29 is 13.2 Å². The van der Waals surface area contributed by atoms with Crippen LogP contribution >= 0.6 is 0 Å². The molecule has 8 heteroatoms. The van der Waals surface area contributed by atoms with Gasteiger partial charge in [0.15, 0.2) is 0 Å². The van der Waals surface area contributed by atoms with Gasteiger partial charge < -0.3 is 4.90 Å². The van der Waals surface area contributed by atoms with E-state index in [2.05, 4.69) is 31.0 Å². The van der Waals surface area contributed by atoms with Crippen LogP contribution in [0.25, 0.3) is 0 Å². The van der Waals surface area contributed by atoms with E-state index in [9.17, 15) is 13.2 Å². The molecule has 0 spiro atoms. The van der Waals surface area contributed by atoms with Gasteiger partial charge in [-0.3, -0.25) is 9.89 Å². The predicted molar refractivity (Wildman–Crippen MR) is 112 cm³/mol. The van der Waals surface area contributed by atoms with Gasteiger partial charge in [-0.2, -0.15) is 9.40 Å². The number of aryl methyl sites for hydroxylation is 2. The summed E-state index contributed by atoms with van der Waals surface area (Å²) in [7, 11) is -3.64. The van der Waals surface area contributed by atoms with Crippen LogP contribution in [0.15, 0.2) is 29.2 Å². The summed E-state index contributed by atoms with van der Waals surface area (Å²) in [6.45, 7) is 11.4. The molecule has 2 aromatic rings. The van der Waals surface area contributed by atoms with Gasteiger partial charge in [0, 0.05) is 31.7 Å². The molecule has 1 aliphatic heterocycles. The lowest BCUT2D eigenvalue weighted by Gasteiger charge is -2.23. The van der Waals surface area contributed by atoms with Crippen molar-refractivity contribution in [2.75, 3.05) is 26.2 Å². The SMILES string of the molecule is Cc1n[nH]c(C)c1S(=O)(=O)N1CCCN(C(=O)c2ccc(C(C)(C)C)cc2)CC1. The Bertz CT molecular complexity index is 968. The largest absolute Gasteiger partial charge is 0.337 e. The summed E-state index contributed by atoms with van der Waals surface area (Å²) in [6.07, 6.45) is 0.598. The molecule has 29 heavy (non-hydrogen) atoms. The number of nitrogens with zero attached hydrogens (tertiary/aromatic N) is 3. The van der Waals surface area contributed by atoms with Gasteiger partial charge in [-0.25, -0.2) is 8.42 Å². The third kappa shape index (κ3) is 4.38. The third-order valence-electron chi connectivity index (χ3n) is 5.40. The van der Waals surface area contributed by atoms with Crippen LogP contribution in [0, 0.1) is 13.8 Å². The molecule has 1 aliphatic rings. The molecule has 0 atom stereocenters. The first kappa shape index (κ1) is 21.5. The second kappa shape index (κ2) is 7.91. The average Bonchev–Trinajstić information content (AvgIpc) is 2.85. The molecule has 1 aromatic carbocycles. The van der Waals surface area contributed by atoms with Gasteiger partial charge in [0.25, 0.3) is 5.91 Å². The highest BCUT2D eigenvalue weighted by molar-refractivity contribution is 7.89. The lowest BCUT2D eigenvalue weighted by Crippen LogP contribution is -2.37. The fraction of sp³-hybridized carbons (Fsp3) is 0.524. The Morgan fingerprint density at radius 1 is 1.03 bits per heavy atom. The van der Waals surface area contributed by atoms with Gasteiger partial charge >= 0.3 is 0 Å². The highest BCUT2D eigenvalue weighted by Crippen LogP contribution is 2.24. The van der Waals surface area contributed by atoms with Crippen LogP contribution in [-0.4, -0.2) is 59.9 Å². The maximum atomic E-state index is 13.1. The van der Waals surface area contributed by atoms with E-state index in [0.29, 0.717) is 43.0 Å². The molecule has 1 fully saturated rings. The van der Waals surface area contributed by atoms with E-state index in [1.165, 1.54) is 9.87 Å². The van der Waals surface area contributed by atoms with Crippen molar-refractivity contribution in [2.45, 2.75) is 51.3 Å². The molecule has 3 rings (SSSR count). The van der Waals surface area contributed by atoms with E-state index in [-0.39, 0.29) is 22.8 Å². The first-order chi connectivity index (χ1) is 13.5. The Labute approximate surface area is 173 Å². The first-order valence-corrected chi connectivity index (χ1v) is 11.4. The Kier molecular flexibility index (Phi) is 5.87. The minimum Gasteiger partial charge on any atom is -0.337 e. The Balaban J connectivity index is 1.74. The molecule has 0 radical (unpaired) electrons. The van der Waals surface area contributed by atoms with Gasteiger partial charge in [0.1, 0.15) is 4.90 Å². The Morgan fingerprint density at radius 2 is 1.69 bits per heavy atom. The van der Waals surface area contributed by atoms with Crippen molar-refractivity contribution in [1.29, 1.82) is 0 Å². The first-order valence-electron chi connectivity index (χ1n) is 9.93. The van der Waals surface area contributed by atoms with Gasteiger partial charge in [0.2, 0.25) is 10.0 Å². The zero-order chi connectivity index (χ0) is 21.4. The standard InChI is InChI=1S/C21H30N4O3S/c1-15-19(16(2)23-22-15)29(27,28)25-12-6-11-24(13-14-25)20(26)17-7-9-18(10-8-17)21(3,4)5/h7-10H,6,11-14H2,1-5H3,(H,22,23). The number of aromatic nitrogens is 2. The molecular weight excluding hydrogens is 388 g/mol. The second-order valence-electron chi connectivity index (χ2n) is 8.64. The highest BCUT2D eigenvalue weighted by atomic mass is 32.2. The van der Waals surface area contributed by atoms with E-state index in [1.54, 1.807) is 18.7 Å². The third-order valence-corrected chi connectivity index (χ3v) is 7.56. The molecule has 158 valence electrons. The van der Waals surface area contributed by atoms with Crippen molar-refractivity contribution in [1.82, 2.24) is 19.4 Å². The van der Waals surface area contributed by atoms with Gasteiger partial charge in [-0.05, 0) is 43.4 Å². The van der Waals surface area contributed by atoms with E-state index < -0.39 is 10.0 Å². The molecule has 7 nitrogen and oxygen atoms in total. The fourth-order valence-corrected chi connectivity index (χ4v) is 5.48. The number of benzene rings is 1. The summed E-state index contributed by atoms with van der Waals surface area (Å²) in [4.78, 5) is 14.9. The highest BCUT2D eigenvalue weighted by Gasteiger charge is 2.32. The van der Waals surface area contributed by atoms with Crippen LogP contribution in [0.3, 0.4) is 0 Å². The van der Waals surface area contributed by atoms with Crippen LogP contribution in [0.1, 0.15) is 54.5 Å². The minimum absolute atomic E-state index is 0.0301. The average molecular weight is 419 g/mol. The van der Waals surface area contributed by atoms with Crippen molar-refractivity contribution >= 4 is 15.9 Å². The number of hydrogen-bond donors (Lipinski definition) is 1. The number of H-pyrrole nitrogens is 1. The predicted octanol–water partition coefficient (Wildman–Crippen LogP) is 2.86. The smallest absolute Gasteiger partial charge is 0.253 e. The summed E-state index contributed by atoms with van der Waals surface area (Å²) in [5.41, 5.74) is 2.85. The van der Waals surface area contributed by atoms with E-state index in [0.717, 1.165) is 0 Å². The van der Waals surface area contributed by atoms with Gasteiger partial charge in [-0.15, -0.1) is 0 Å². The quantitative estimate of drug-likeness (QED) is 0.830. The molecule has 1 saturated heterocycles. The summed E-state index contributed by atoms with van der Waals surface area (Å²) in [5, 5.41) is 6.75. The molecule has 1 amide bonds. The lowest BCUT2D eigenvalue weighted by atomic mass is 9.86. The van der Waals surface area contributed by atoms with E-state index >= 15 is 0 Å². The number of amides is 1. The second-order valence-corrected chi connectivity index (χ2v) is 10.5. The van der Waals surface area contributed by atoms with Gasteiger partial charge in [0.05, 0.1) is 11.4 Å². The van der Waals surface area contributed by atoms with Crippen molar-refractivity contribution in [2.24, 2.45) is 0 Å². The number of nitrogens with one attached hydrogen (secondary N) is 1. The lowest BCUT2D eigenvalue weighted by molar-refractivity contribution is 0.0764. The molecule has 0 bridgehead atoms. The number of carbonyl (C=O) groups excluding carboxylic acids is 1. The van der Waals surface area contributed by atoms with Crippen LogP contribution < -0.4 is 0 Å².